The molecule has 5 nitrogen and oxygen atoms in total. The maximum Gasteiger partial charge on any atom is 0.238 e. The molecule has 0 saturated heterocycles. The largest absolute Gasteiger partial charge is 0.493 e. The highest BCUT2D eigenvalue weighted by atomic mass is 79.9. The molecule has 7 heteroatoms. The number of amides is 1. The van der Waals surface area contributed by atoms with Crippen molar-refractivity contribution in [2.24, 2.45) is 0 Å². The van der Waals surface area contributed by atoms with E-state index in [-0.39, 0.29) is 6.04 Å². The predicted molar refractivity (Wildman–Crippen MR) is 79.4 cm³/mol. The van der Waals surface area contributed by atoms with Gasteiger partial charge < -0.3 is 10.1 Å². The van der Waals surface area contributed by atoms with E-state index in [4.69, 9.17) is 4.74 Å². The highest BCUT2D eigenvalue weighted by Gasteiger charge is 2.28. The first kappa shape index (κ1) is 15.3. The molecular formula is C13H16BrNO4S. The van der Waals surface area contributed by atoms with Crippen LogP contribution in [0.15, 0.2) is 22.7 Å². The molecule has 0 saturated carbocycles. The normalized spacial score (nSPS) is 19.6. The second kappa shape index (κ2) is 5.73. The van der Waals surface area contributed by atoms with E-state index < -0.39 is 21.0 Å². The van der Waals surface area contributed by atoms with Crippen LogP contribution in [0, 0.1) is 0 Å². The van der Waals surface area contributed by atoms with Crippen LogP contribution in [0.1, 0.15) is 24.9 Å². The Kier molecular flexibility index (Phi) is 4.39. The zero-order chi connectivity index (χ0) is 14.9. The van der Waals surface area contributed by atoms with Gasteiger partial charge in [-0.3, -0.25) is 4.79 Å². The van der Waals surface area contributed by atoms with Crippen LogP contribution in [0.2, 0.25) is 0 Å². The van der Waals surface area contributed by atoms with Crippen LogP contribution in [0.25, 0.3) is 0 Å². The van der Waals surface area contributed by atoms with Crippen LogP contribution in [-0.4, -0.2) is 32.4 Å². The Balaban J connectivity index is 2.20. The summed E-state index contributed by atoms with van der Waals surface area (Å²) in [6.45, 7) is 1.89. The maximum absolute atomic E-state index is 12.0. The summed E-state index contributed by atoms with van der Waals surface area (Å²) in [5.74, 6) is 0.238. The number of rotatable bonds is 3. The minimum Gasteiger partial charge on any atom is -0.493 e. The summed E-state index contributed by atoms with van der Waals surface area (Å²) in [7, 11) is -3.39. The topological polar surface area (TPSA) is 72.5 Å². The average molecular weight is 362 g/mol. The molecule has 0 aromatic heterocycles. The lowest BCUT2D eigenvalue weighted by atomic mass is 10.0. The number of fused-ring (bicyclic) bond motifs is 1. The molecule has 0 bridgehead atoms. The monoisotopic (exact) mass is 361 g/mol. The number of ether oxygens (including phenoxy) is 1. The van der Waals surface area contributed by atoms with E-state index in [0.29, 0.717) is 13.0 Å². The van der Waals surface area contributed by atoms with Crippen LogP contribution in [0.5, 0.6) is 5.75 Å². The first-order chi connectivity index (χ1) is 9.29. The smallest absolute Gasteiger partial charge is 0.238 e. The number of hydrogen-bond donors (Lipinski definition) is 1. The van der Waals surface area contributed by atoms with Gasteiger partial charge in [0.25, 0.3) is 0 Å². The van der Waals surface area contributed by atoms with Gasteiger partial charge in [-0.1, -0.05) is 15.9 Å². The summed E-state index contributed by atoms with van der Waals surface area (Å²) in [5, 5.41) is 1.73. The standard InChI is InChI=1S/C13H16BrNO4S/c1-8(20(2,17)18)13(16)15-11-5-6-19-12-4-3-9(14)7-10(11)12/h3-4,7-8,11H,5-6H2,1-2H3,(H,15,16). The van der Waals surface area contributed by atoms with Crippen LogP contribution in [0.4, 0.5) is 0 Å². The van der Waals surface area contributed by atoms with E-state index >= 15 is 0 Å². The van der Waals surface area contributed by atoms with Gasteiger partial charge >= 0.3 is 0 Å². The molecule has 1 aliphatic heterocycles. The van der Waals surface area contributed by atoms with Crippen molar-refractivity contribution in [2.45, 2.75) is 24.6 Å². The Labute approximate surface area is 126 Å². The molecule has 2 unspecified atom stereocenters. The van der Waals surface area contributed by atoms with E-state index in [1.54, 1.807) is 0 Å². The molecule has 0 fully saturated rings. The van der Waals surface area contributed by atoms with E-state index in [1.807, 2.05) is 18.2 Å². The summed E-state index contributed by atoms with van der Waals surface area (Å²) in [6, 6.07) is 5.35. The number of carbonyl (C=O) groups is 1. The first-order valence-electron chi connectivity index (χ1n) is 6.20. The fourth-order valence-corrected chi connectivity index (χ4v) is 2.83. The van der Waals surface area contributed by atoms with Gasteiger partial charge in [-0.05, 0) is 25.1 Å². The SMILES string of the molecule is CC(C(=O)NC1CCOc2ccc(Br)cc21)S(C)(=O)=O. The third kappa shape index (κ3) is 3.32. The minimum absolute atomic E-state index is 0.229. The lowest BCUT2D eigenvalue weighted by Gasteiger charge is -2.27. The van der Waals surface area contributed by atoms with Crippen LogP contribution >= 0.6 is 15.9 Å². The van der Waals surface area contributed by atoms with E-state index in [9.17, 15) is 13.2 Å². The van der Waals surface area contributed by atoms with Gasteiger partial charge in [-0.25, -0.2) is 8.42 Å². The Hall–Kier alpha value is -1.08. The Bertz CT molecular complexity index is 629. The zero-order valence-electron chi connectivity index (χ0n) is 11.2. The molecule has 0 spiro atoms. The van der Waals surface area contributed by atoms with Crippen molar-refractivity contribution in [1.29, 1.82) is 0 Å². The molecule has 1 aliphatic rings. The molecule has 20 heavy (non-hydrogen) atoms. The Morgan fingerprint density at radius 3 is 2.85 bits per heavy atom. The third-order valence-corrected chi connectivity index (χ3v) is 5.33. The van der Waals surface area contributed by atoms with Crippen molar-refractivity contribution in [1.82, 2.24) is 5.32 Å². The molecule has 110 valence electrons. The van der Waals surface area contributed by atoms with E-state index in [1.165, 1.54) is 6.92 Å². The van der Waals surface area contributed by atoms with Gasteiger partial charge in [0.15, 0.2) is 9.84 Å². The third-order valence-electron chi connectivity index (χ3n) is 3.34. The molecule has 2 atom stereocenters. The molecular weight excluding hydrogens is 346 g/mol. The van der Waals surface area contributed by atoms with E-state index in [0.717, 1.165) is 22.0 Å². The molecule has 1 amide bonds. The van der Waals surface area contributed by atoms with Crippen LogP contribution in [0.3, 0.4) is 0 Å². The summed E-state index contributed by atoms with van der Waals surface area (Å²) in [6.07, 6.45) is 1.68. The maximum atomic E-state index is 12.0. The number of benzene rings is 1. The number of carbonyl (C=O) groups excluding carboxylic acids is 1. The Morgan fingerprint density at radius 1 is 1.50 bits per heavy atom. The van der Waals surface area contributed by atoms with Gasteiger partial charge in [-0.15, -0.1) is 0 Å². The zero-order valence-corrected chi connectivity index (χ0v) is 13.6. The highest BCUT2D eigenvalue weighted by Crippen LogP contribution is 2.34. The summed E-state index contributed by atoms with van der Waals surface area (Å²) >= 11 is 3.38. The number of sulfone groups is 1. The molecule has 0 radical (unpaired) electrons. The number of halogens is 1. The van der Waals surface area contributed by atoms with Gasteiger partial charge in [0, 0.05) is 22.7 Å². The summed E-state index contributed by atoms with van der Waals surface area (Å²) in [5.41, 5.74) is 0.861. The van der Waals surface area contributed by atoms with Crippen molar-refractivity contribution in [2.75, 3.05) is 12.9 Å². The Morgan fingerprint density at radius 2 is 2.20 bits per heavy atom. The van der Waals surface area contributed by atoms with Crippen LogP contribution in [-0.2, 0) is 14.6 Å². The quantitative estimate of drug-likeness (QED) is 0.891. The van der Waals surface area contributed by atoms with Crippen LogP contribution < -0.4 is 10.1 Å². The second-order valence-corrected chi connectivity index (χ2v) is 8.13. The van der Waals surface area contributed by atoms with Gasteiger partial charge in [0.1, 0.15) is 11.0 Å². The molecule has 1 N–H and O–H groups in total. The van der Waals surface area contributed by atoms with Crippen molar-refractivity contribution >= 4 is 31.7 Å². The predicted octanol–water partition coefficient (Wildman–Crippen LogP) is 1.82. The van der Waals surface area contributed by atoms with Crippen molar-refractivity contribution in [3.05, 3.63) is 28.2 Å². The van der Waals surface area contributed by atoms with Crippen molar-refractivity contribution in [3.8, 4) is 5.75 Å². The second-order valence-electron chi connectivity index (χ2n) is 4.85. The molecule has 2 rings (SSSR count). The lowest BCUT2D eigenvalue weighted by molar-refractivity contribution is -0.121. The first-order valence-corrected chi connectivity index (χ1v) is 8.95. The van der Waals surface area contributed by atoms with Gasteiger partial charge in [-0.2, -0.15) is 0 Å². The summed E-state index contributed by atoms with van der Waals surface area (Å²) < 4.78 is 29.3. The molecule has 0 aliphatic carbocycles. The van der Waals surface area contributed by atoms with Crippen molar-refractivity contribution in [3.63, 3.8) is 0 Å². The minimum atomic E-state index is -3.39. The fourth-order valence-electron chi connectivity index (χ4n) is 2.00. The lowest BCUT2D eigenvalue weighted by Crippen LogP contribution is -2.40. The molecule has 1 aromatic carbocycles. The van der Waals surface area contributed by atoms with Crippen molar-refractivity contribution < 1.29 is 17.9 Å². The van der Waals surface area contributed by atoms with Gasteiger partial charge in [0.05, 0.1) is 12.6 Å². The fraction of sp³-hybridized carbons (Fsp3) is 0.462. The van der Waals surface area contributed by atoms with Gasteiger partial charge in [0.2, 0.25) is 5.91 Å². The average Bonchev–Trinajstić information content (AvgIpc) is 2.37. The number of nitrogens with one attached hydrogen (secondary N) is 1. The number of hydrogen-bond acceptors (Lipinski definition) is 4. The highest BCUT2D eigenvalue weighted by molar-refractivity contribution is 9.10. The summed E-state index contributed by atoms with van der Waals surface area (Å²) in [4.78, 5) is 12.0. The van der Waals surface area contributed by atoms with E-state index in [2.05, 4.69) is 21.2 Å². The molecule has 1 aromatic rings. The molecule has 1 heterocycles.